The third-order valence-corrected chi connectivity index (χ3v) is 2.25. The first-order chi connectivity index (χ1) is 6.31. The molecule has 0 amide bonds. The van der Waals surface area contributed by atoms with Gasteiger partial charge in [0.2, 0.25) is 0 Å². The normalized spacial score (nSPS) is 28.6. The van der Waals surface area contributed by atoms with Crippen molar-refractivity contribution in [2.24, 2.45) is 11.7 Å². The first-order valence-corrected chi connectivity index (χ1v) is 4.34. The molecule has 14 heavy (non-hydrogen) atoms. The Kier molecular flexibility index (Phi) is 4.30. The van der Waals surface area contributed by atoms with Crippen LogP contribution in [0.2, 0.25) is 0 Å². The van der Waals surface area contributed by atoms with Crippen LogP contribution in [0.1, 0.15) is 0 Å². The third-order valence-electron chi connectivity index (χ3n) is 2.25. The first kappa shape index (κ1) is 11.9. The average Bonchev–Trinajstić information content (AvgIpc) is 2.18. The van der Waals surface area contributed by atoms with E-state index >= 15 is 0 Å². The van der Waals surface area contributed by atoms with Gasteiger partial charge in [0.05, 0.1) is 0 Å². The van der Waals surface area contributed by atoms with Gasteiger partial charge in [0.1, 0.15) is 6.10 Å². The largest absolute Gasteiger partial charge is 0.508 e. The number of hydrogen-bond donors (Lipinski definition) is 1. The molecule has 2 unspecified atom stereocenters. The van der Waals surface area contributed by atoms with Gasteiger partial charge in [-0.05, 0) is 6.08 Å². The van der Waals surface area contributed by atoms with Gasteiger partial charge in [-0.3, -0.25) is 0 Å². The van der Waals surface area contributed by atoms with Gasteiger partial charge in [-0.25, -0.2) is 18.2 Å². The minimum Gasteiger partial charge on any atom is -0.508 e. The summed E-state index contributed by atoms with van der Waals surface area (Å²) >= 11 is 0. The molecule has 0 spiro atoms. The van der Waals surface area contributed by atoms with Crippen LogP contribution in [-0.4, -0.2) is 12.6 Å². The van der Waals surface area contributed by atoms with Crippen molar-refractivity contribution >= 4 is 0 Å². The molecule has 0 bridgehead atoms. The maximum atomic E-state index is 5.59. The van der Waals surface area contributed by atoms with Crippen molar-refractivity contribution in [2.45, 2.75) is 6.10 Å². The summed E-state index contributed by atoms with van der Waals surface area (Å²) in [6, 6.07) is 0. The first-order valence-electron chi connectivity index (χ1n) is 4.34. The molecule has 0 saturated heterocycles. The summed E-state index contributed by atoms with van der Waals surface area (Å²) in [7, 11) is 0. The van der Waals surface area contributed by atoms with Gasteiger partial charge in [0.25, 0.3) is 0 Å². The maximum absolute atomic E-state index is 5.59. The second kappa shape index (κ2) is 5.06. The Balaban J connectivity index is 0.000000980. The minimum absolute atomic E-state index is 0. The van der Waals surface area contributed by atoms with Crippen molar-refractivity contribution in [1.82, 2.24) is 0 Å². The number of nitrogens with two attached hydrogens (primary N) is 1. The van der Waals surface area contributed by atoms with Gasteiger partial charge in [-0.15, -0.1) is 0 Å². The summed E-state index contributed by atoms with van der Waals surface area (Å²) in [6.07, 6.45) is 11.2. The fraction of sp³-hybridized carbons (Fsp3) is 0.273. The number of ether oxygens (including phenoxy) is 1. The fourth-order valence-electron chi connectivity index (χ4n) is 1.57. The van der Waals surface area contributed by atoms with E-state index in [0.29, 0.717) is 12.3 Å². The molecule has 2 aliphatic rings. The van der Waals surface area contributed by atoms with E-state index in [1.54, 1.807) is 0 Å². The Morgan fingerprint density at radius 3 is 2.86 bits per heavy atom. The Bertz CT molecular complexity index is 317. The van der Waals surface area contributed by atoms with Gasteiger partial charge in [0, 0.05) is 50.9 Å². The van der Waals surface area contributed by atoms with Gasteiger partial charge < -0.3 is 10.5 Å². The van der Waals surface area contributed by atoms with Gasteiger partial charge in [-0.1, -0.05) is 18.2 Å². The third kappa shape index (κ3) is 2.25. The van der Waals surface area contributed by atoms with E-state index in [2.05, 4.69) is 18.7 Å². The summed E-state index contributed by atoms with van der Waals surface area (Å²) in [5, 5.41) is 0. The number of fused-ring (bicyclic) bond motifs is 1. The van der Waals surface area contributed by atoms with E-state index in [9.17, 15) is 0 Å². The van der Waals surface area contributed by atoms with Crippen molar-refractivity contribution in [2.75, 3.05) is 6.54 Å². The van der Waals surface area contributed by atoms with E-state index in [1.165, 1.54) is 0 Å². The van der Waals surface area contributed by atoms with E-state index in [4.69, 9.17) is 10.5 Å². The molecule has 71 valence electrons. The Morgan fingerprint density at radius 1 is 1.43 bits per heavy atom. The molecular formula is C11H12NOY-. The monoisotopic (exact) mass is 263 g/mol. The average molecular weight is 263 g/mol. The van der Waals surface area contributed by atoms with E-state index in [0.717, 1.165) is 5.57 Å². The van der Waals surface area contributed by atoms with Gasteiger partial charge >= 0.3 is 0 Å². The van der Waals surface area contributed by atoms with Crippen molar-refractivity contribution < 1.29 is 37.4 Å². The SMILES string of the molecule is C=C1[C-]=C(CN)OC2C=CC=CC12.[Y]. The van der Waals surface area contributed by atoms with Crippen LogP contribution < -0.4 is 5.73 Å². The molecule has 3 heteroatoms. The van der Waals surface area contributed by atoms with Gasteiger partial charge in [-0.2, -0.15) is 0 Å². The molecule has 1 aliphatic heterocycles. The smallest absolute Gasteiger partial charge is 0.122 e. The molecule has 0 fully saturated rings. The predicted octanol–water partition coefficient (Wildman–Crippen LogP) is 1.33. The molecule has 0 aromatic rings. The topological polar surface area (TPSA) is 35.2 Å². The molecule has 1 aliphatic carbocycles. The number of hydrogen-bond acceptors (Lipinski definition) is 2. The molecular weight excluding hydrogens is 251 g/mol. The van der Waals surface area contributed by atoms with Crippen LogP contribution in [-0.2, 0) is 37.4 Å². The summed E-state index contributed by atoms with van der Waals surface area (Å²) < 4.78 is 5.59. The van der Waals surface area contributed by atoms with Crippen LogP contribution in [0.4, 0.5) is 0 Å². The molecule has 0 aromatic carbocycles. The van der Waals surface area contributed by atoms with Crippen LogP contribution in [0.5, 0.6) is 0 Å². The number of allylic oxidation sites excluding steroid dienone is 3. The molecule has 0 aromatic heterocycles. The fourth-order valence-corrected chi connectivity index (χ4v) is 1.57. The van der Waals surface area contributed by atoms with Gasteiger partial charge in [0.15, 0.2) is 0 Å². The quantitative estimate of drug-likeness (QED) is 0.724. The second-order valence-corrected chi connectivity index (χ2v) is 3.16. The molecule has 0 saturated carbocycles. The van der Waals surface area contributed by atoms with Crippen molar-refractivity contribution in [1.29, 1.82) is 0 Å². The standard InChI is InChI=1S/C11H12NO.Y/c1-8-6-9(7-12)13-11-5-3-2-4-10(8)11;/h2-5,10-11H,1,7,12H2;/q-1;. The number of rotatable bonds is 1. The predicted molar refractivity (Wildman–Crippen MR) is 51.6 cm³/mol. The van der Waals surface area contributed by atoms with E-state index in [1.807, 2.05) is 18.2 Å². The van der Waals surface area contributed by atoms with Crippen molar-refractivity contribution in [3.8, 4) is 0 Å². The summed E-state index contributed by atoms with van der Waals surface area (Å²) in [5.41, 5.74) is 6.44. The van der Waals surface area contributed by atoms with Crippen LogP contribution in [0, 0.1) is 12.0 Å². The second-order valence-electron chi connectivity index (χ2n) is 3.16. The van der Waals surface area contributed by atoms with Crippen molar-refractivity contribution in [3.05, 3.63) is 48.3 Å². The van der Waals surface area contributed by atoms with E-state index in [-0.39, 0.29) is 44.7 Å². The van der Waals surface area contributed by atoms with Crippen molar-refractivity contribution in [3.63, 3.8) is 0 Å². The van der Waals surface area contributed by atoms with Crippen LogP contribution in [0.25, 0.3) is 0 Å². The zero-order valence-electron chi connectivity index (χ0n) is 7.94. The van der Waals surface area contributed by atoms with Crippen LogP contribution in [0.15, 0.2) is 42.2 Å². The summed E-state index contributed by atoms with van der Waals surface area (Å²) in [6.45, 7) is 4.33. The Morgan fingerprint density at radius 2 is 2.14 bits per heavy atom. The zero-order chi connectivity index (χ0) is 9.26. The van der Waals surface area contributed by atoms with Crippen LogP contribution >= 0.6 is 0 Å². The molecule has 1 radical (unpaired) electrons. The Hall–Kier alpha value is -0.176. The molecule has 2 N–H and O–H groups in total. The zero-order valence-corrected chi connectivity index (χ0v) is 10.8. The van der Waals surface area contributed by atoms with Crippen LogP contribution in [0.3, 0.4) is 0 Å². The molecule has 2 nitrogen and oxygen atoms in total. The van der Waals surface area contributed by atoms with E-state index < -0.39 is 0 Å². The summed E-state index contributed by atoms with van der Waals surface area (Å²) in [4.78, 5) is 0. The molecule has 2 rings (SSSR count). The maximum Gasteiger partial charge on any atom is 0.122 e. The summed E-state index contributed by atoms with van der Waals surface area (Å²) in [5.74, 6) is 0.937. The minimum atomic E-state index is 0. The Labute approximate surface area is 109 Å². The molecule has 2 atom stereocenters. The molecule has 1 heterocycles.